The molecule has 0 spiro atoms. The molecule has 1 aromatic carbocycles. The summed E-state index contributed by atoms with van der Waals surface area (Å²) in [6.45, 7) is 6.07. The van der Waals surface area contributed by atoms with Crippen molar-refractivity contribution in [2.45, 2.75) is 19.9 Å². The normalized spacial score (nSPS) is 12.3. The fourth-order valence-corrected chi connectivity index (χ4v) is 2.20. The van der Waals surface area contributed by atoms with Crippen LogP contribution in [0.25, 0.3) is 0 Å². The standard InChI is InChI=1S/C15H25N3O/c1-5-18(13(2)12-17(3)4)15(19)11-16-14-9-7-6-8-10-14/h6-10,13,16H,5,11-12H2,1-4H3. The fraction of sp³-hybridized carbons (Fsp3) is 0.533. The van der Waals surface area contributed by atoms with Crippen molar-refractivity contribution in [1.29, 1.82) is 0 Å². The molecule has 1 atom stereocenters. The van der Waals surface area contributed by atoms with E-state index in [-0.39, 0.29) is 11.9 Å². The van der Waals surface area contributed by atoms with Gasteiger partial charge in [0.05, 0.1) is 6.54 Å². The first-order valence-corrected chi connectivity index (χ1v) is 6.77. The second-order valence-electron chi connectivity index (χ2n) is 5.01. The minimum atomic E-state index is 0.140. The maximum absolute atomic E-state index is 12.2. The molecule has 0 heterocycles. The predicted molar refractivity (Wildman–Crippen MR) is 80.3 cm³/mol. The van der Waals surface area contributed by atoms with Gasteiger partial charge in [-0.2, -0.15) is 0 Å². The average Bonchev–Trinajstić information content (AvgIpc) is 2.37. The molecule has 4 heteroatoms. The molecular weight excluding hydrogens is 238 g/mol. The molecule has 0 aliphatic heterocycles. The van der Waals surface area contributed by atoms with Crippen LogP contribution in [0.15, 0.2) is 30.3 Å². The van der Waals surface area contributed by atoms with Gasteiger partial charge in [0.25, 0.3) is 0 Å². The number of nitrogens with zero attached hydrogens (tertiary/aromatic N) is 2. The van der Waals surface area contributed by atoms with Crippen LogP contribution in [0.4, 0.5) is 5.69 Å². The quantitative estimate of drug-likeness (QED) is 0.816. The molecular formula is C15H25N3O. The molecule has 0 aliphatic rings. The van der Waals surface area contributed by atoms with E-state index in [0.717, 1.165) is 18.8 Å². The molecule has 1 amide bonds. The second kappa shape index (κ2) is 7.79. The van der Waals surface area contributed by atoms with Crippen LogP contribution in [0.2, 0.25) is 0 Å². The molecule has 0 saturated carbocycles. The van der Waals surface area contributed by atoms with Crippen molar-refractivity contribution in [2.24, 2.45) is 0 Å². The lowest BCUT2D eigenvalue weighted by Gasteiger charge is -2.30. The van der Waals surface area contributed by atoms with Crippen LogP contribution < -0.4 is 5.32 Å². The van der Waals surface area contributed by atoms with Gasteiger partial charge in [0.1, 0.15) is 0 Å². The van der Waals surface area contributed by atoms with Gasteiger partial charge in [-0.05, 0) is 40.1 Å². The van der Waals surface area contributed by atoms with Gasteiger partial charge in [-0.15, -0.1) is 0 Å². The van der Waals surface area contributed by atoms with E-state index in [0.29, 0.717) is 6.54 Å². The molecule has 106 valence electrons. The number of rotatable bonds is 7. The minimum Gasteiger partial charge on any atom is -0.376 e. The van der Waals surface area contributed by atoms with Gasteiger partial charge in [-0.3, -0.25) is 4.79 Å². The Balaban J connectivity index is 2.50. The Morgan fingerprint density at radius 1 is 1.26 bits per heavy atom. The predicted octanol–water partition coefficient (Wildman–Crippen LogP) is 1.90. The zero-order valence-corrected chi connectivity index (χ0v) is 12.4. The van der Waals surface area contributed by atoms with Crippen LogP contribution in [0.1, 0.15) is 13.8 Å². The molecule has 0 aromatic heterocycles. The molecule has 0 saturated heterocycles. The lowest BCUT2D eigenvalue weighted by Crippen LogP contribution is -2.45. The first kappa shape index (κ1) is 15.5. The van der Waals surface area contributed by atoms with E-state index in [9.17, 15) is 4.79 Å². The third-order valence-electron chi connectivity index (χ3n) is 3.04. The number of benzene rings is 1. The van der Waals surface area contributed by atoms with Crippen LogP contribution >= 0.6 is 0 Å². The minimum absolute atomic E-state index is 0.140. The van der Waals surface area contributed by atoms with Crippen LogP contribution in [-0.2, 0) is 4.79 Å². The summed E-state index contributed by atoms with van der Waals surface area (Å²) < 4.78 is 0. The van der Waals surface area contributed by atoms with Gasteiger partial charge in [0, 0.05) is 24.8 Å². The molecule has 1 rings (SSSR count). The molecule has 0 radical (unpaired) electrons. The van der Waals surface area contributed by atoms with Crippen LogP contribution in [0.3, 0.4) is 0 Å². The Labute approximate surface area is 116 Å². The zero-order valence-electron chi connectivity index (χ0n) is 12.4. The molecule has 4 nitrogen and oxygen atoms in total. The molecule has 0 aliphatic carbocycles. The maximum atomic E-state index is 12.2. The number of anilines is 1. The Bertz CT molecular complexity index is 378. The Hall–Kier alpha value is -1.55. The summed E-state index contributed by atoms with van der Waals surface area (Å²) in [5.41, 5.74) is 0.979. The van der Waals surface area contributed by atoms with Gasteiger partial charge in [-0.1, -0.05) is 18.2 Å². The Morgan fingerprint density at radius 2 is 1.89 bits per heavy atom. The SMILES string of the molecule is CCN(C(=O)CNc1ccccc1)C(C)CN(C)C. The summed E-state index contributed by atoms with van der Waals surface area (Å²) in [6, 6.07) is 10.0. The molecule has 1 unspecified atom stereocenters. The van der Waals surface area contributed by atoms with E-state index < -0.39 is 0 Å². The molecule has 19 heavy (non-hydrogen) atoms. The highest BCUT2D eigenvalue weighted by atomic mass is 16.2. The number of carbonyl (C=O) groups is 1. The summed E-state index contributed by atoms with van der Waals surface area (Å²) in [5.74, 6) is 0.140. The third kappa shape index (κ3) is 5.30. The number of amides is 1. The van der Waals surface area contributed by atoms with E-state index in [1.807, 2.05) is 56.3 Å². The smallest absolute Gasteiger partial charge is 0.242 e. The number of hydrogen-bond donors (Lipinski definition) is 1. The van der Waals surface area contributed by atoms with Crippen molar-refractivity contribution in [3.05, 3.63) is 30.3 Å². The summed E-state index contributed by atoms with van der Waals surface area (Å²) in [4.78, 5) is 16.2. The molecule has 0 fully saturated rings. The topological polar surface area (TPSA) is 35.6 Å². The van der Waals surface area contributed by atoms with Crippen molar-refractivity contribution < 1.29 is 4.79 Å². The monoisotopic (exact) mass is 263 g/mol. The van der Waals surface area contributed by atoms with Gasteiger partial charge in [0.2, 0.25) is 5.91 Å². The number of carbonyl (C=O) groups excluding carboxylic acids is 1. The van der Waals surface area contributed by atoms with Gasteiger partial charge < -0.3 is 15.1 Å². The summed E-state index contributed by atoms with van der Waals surface area (Å²) in [6.07, 6.45) is 0. The molecule has 1 aromatic rings. The summed E-state index contributed by atoms with van der Waals surface area (Å²) in [7, 11) is 4.05. The van der Waals surface area contributed by atoms with E-state index in [4.69, 9.17) is 0 Å². The third-order valence-corrected chi connectivity index (χ3v) is 3.04. The Morgan fingerprint density at radius 3 is 2.42 bits per heavy atom. The average molecular weight is 263 g/mol. The first-order chi connectivity index (χ1) is 9.04. The molecule has 0 bridgehead atoms. The summed E-state index contributed by atoms with van der Waals surface area (Å²) in [5, 5.41) is 3.16. The second-order valence-corrected chi connectivity index (χ2v) is 5.01. The number of likely N-dealkylation sites (N-methyl/N-ethyl adjacent to an activating group) is 2. The first-order valence-electron chi connectivity index (χ1n) is 6.77. The Kier molecular flexibility index (Phi) is 6.36. The van der Waals surface area contributed by atoms with Crippen LogP contribution in [-0.4, -0.2) is 55.5 Å². The van der Waals surface area contributed by atoms with E-state index in [2.05, 4.69) is 17.1 Å². The van der Waals surface area contributed by atoms with E-state index >= 15 is 0 Å². The van der Waals surface area contributed by atoms with Crippen LogP contribution in [0, 0.1) is 0 Å². The van der Waals surface area contributed by atoms with Gasteiger partial charge in [-0.25, -0.2) is 0 Å². The lowest BCUT2D eigenvalue weighted by atomic mass is 10.2. The number of para-hydroxylation sites is 1. The highest BCUT2D eigenvalue weighted by molar-refractivity contribution is 5.81. The highest BCUT2D eigenvalue weighted by Crippen LogP contribution is 2.06. The lowest BCUT2D eigenvalue weighted by molar-refractivity contribution is -0.131. The number of hydrogen-bond acceptors (Lipinski definition) is 3. The van der Waals surface area contributed by atoms with Crippen LogP contribution in [0.5, 0.6) is 0 Å². The largest absolute Gasteiger partial charge is 0.376 e. The highest BCUT2D eigenvalue weighted by Gasteiger charge is 2.18. The number of nitrogens with one attached hydrogen (secondary N) is 1. The van der Waals surface area contributed by atoms with Crippen molar-refractivity contribution in [3.8, 4) is 0 Å². The zero-order chi connectivity index (χ0) is 14.3. The fourth-order valence-electron chi connectivity index (χ4n) is 2.20. The van der Waals surface area contributed by atoms with Crippen molar-refractivity contribution in [2.75, 3.05) is 39.0 Å². The van der Waals surface area contributed by atoms with Crippen molar-refractivity contribution >= 4 is 11.6 Å². The van der Waals surface area contributed by atoms with Crippen molar-refractivity contribution in [1.82, 2.24) is 9.80 Å². The van der Waals surface area contributed by atoms with E-state index in [1.165, 1.54) is 0 Å². The maximum Gasteiger partial charge on any atom is 0.242 e. The molecule has 1 N–H and O–H groups in total. The van der Waals surface area contributed by atoms with Gasteiger partial charge >= 0.3 is 0 Å². The van der Waals surface area contributed by atoms with E-state index in [1.54, 1.807) is 0 Å². The summed E-state index contributed by atoms with van der Waals surface area (Å²) >= 11 is 0. The van der Waals surface area contributed by atoms with Crippen molar-refractivity contribution in [3.63, 3.8) is 0 Å². The van der Waals surface area contributed by atoms with Gasteiger partial charge in [0.15, 0.2) is 0 Å².